The maximum atomic E-state index is 12.1. The van der Waals surface area contributed by atoms with Crippen LogP contribution in [-0.2, 0) is 0 Å². The molecule has 0 atom stereocenters. The Labute approximate surface area is 114 Å². The van der Waals surface area contributed by atoms with Crippen molar-refractivity contribution in [2.24, 2.45) is 0 Å². The Balaban J connectivity index is 1.92. The summed E-state index contributed by atoms with van der Waals surface area (Å²) in [6.07, 6.45) is 4.64. The number of carbonyl (C=O) groups is 1. The monoisotopic (exact) mass is 262 g/mol. The normalized spacial score (nSPS) is 13.1. The third kappa shape index (κ3) is 3.63. The van der Waals surface area contributed by atoms with E-state index in [1.807, 2.05) is 18.2 Å². The zero-order chi connectivity index (χ0) is 13.5. The van der Waals surface area contributed by atoms with Crippen molar-refractivity contribution < 1.29 is 9.53 Å². The summed E-state index contributed by atoms with van der Waals surface area (Å²) < 4.78 is 5.60. The molecule has 1 amide bonds. The number of anilines is 1. The van der Waals surface area contributed by atoms with Gasteiger partial charge in [0.15, 0.2) is 5.75 Å². The van der Waals surface area contributed by atoms with Crippen molar-refractivity contribution in [2.45, 2.75) is 32.6 Å². The first-order valence-corrected chi connectivity index (χ1v) is 7.11. The van der Waals surface area contributed by atoms with E-state index in [0.29, 0.717) is 17.9 Å². The number of rotatable bonds is 6. The minimum atomic E-state index is -0.0444. The zero-order valence-electron chi connectivity index (χ0n) is 11.5. The van der Waals surface area contributed by atoms with Gasteiger partial charge < -0.3 is 15.4 Å². The van der Waals surface area contributed by atoms with Gasteiger partial charge in [-0.05, 0) is 18.6 Å². The summed E-state index contributed by atoms with van der Waals surface area (Å²) >= 11 is 0. The number of unbranched alkanes of at least 4 members (excludes halogenated alkanes) is 3. The first-order valence-electron chi connectivity index (χ1n) is 7.11. The highest BCUT2D eigenvalue weighted by atomic mass is 16.5. The fourth-order valence-electron chi connectivity index (χ4n) is 2.20. The molecule has 0 unspecified atom stereocenters. The largest absolute Gasteiger partial charge is 0.489 e. The van der Waals surface area contributed by atoms with E-state index in [9.17, 15) is 4.79 Å². The molecule has 0 radical (unpaired) electrons. The van der Waals surface area contributed by atoms with Crippen molar-refractivity contribution in [3.05, 3.63) is 23.8 Å². The number of fused-ring (bicyclic) bond motifs is 1. The van der Waals surface area contributed by atoms with E-state index >= 15 is 0 Å². The van der Waals surface area contributed by atoms with Crippen LogP contribution in [0.1, 0.15) is 43.0 Å². The van der Waals surface area contributed by atoms with Gasteiger partial charge in [0.1, 0.15) is 6.61 Å². The number of benzene rings is 1. The molecule has 0 spiro atoms. The molecule has 0 saturated heterocycles. The predicted octanol–water partition coefficient (Wildman–Crippen LogP) is 2.80. The molecule has 0 aromatic heterocycles. The lowest BCUT2D eigenvalue weighted by Crippen LogP contribution is -2.27. The Bertz CT molecular complexity index is 432. The number of carbonyl (C=O) groups excluding carboxylic acids is 1. The van der Waals surface area contributed by atoms with Gasteiger partial charge in [-0.1, -0.05) is 32.3 Å². The second-order valence-electron chi connectivity index (χ2n) is 4.77. The molecule has 1 aliphatic heterocycles. The molecule has 104 valence electrons. The molecule has 0 bridgehead atoms. The van der Waals surface area contributed by atoms with Gasteiger partial charge in [-0.2, -0.15) is 0 Å². The molecular formula is C15H22N2O2. The molecular weight excluding hydrogens is 240 g/mol. The average molecular weight is 262 g/mol. The van der Waals surface area contributed by atoms with Gasteiger partial charge in [0.2, 0.25) is 0 Å². The maximum absolute atomic E-state index is 12.1. The molecule has 1 aliphatic rings. The van der Waals surface area contributed by atoms with E-state index in [4.69, 9.17) is 4.74 Å². The molecule has 0 fully saturated rings. The van der Waals surface area contributed by atoms with E-state index in [0.717, 1.165) is 25.2 Å². The van der Waals surface area contributed by atoms with Crippen LogP contribution in [0.4, 0.5) is 5.69 Å². The van der Waals surface area contributed by atoms with Crippen molar-refractivity contribution in [3.63, 3.8) is 0 Å². The molecule has 2 rings (SSSR count). The number of hydrogen-bond donors (Lipinski definition) is 2. The van der Waals surface area contributed by atoms with Gasteiger partial charge in [-0.15, -0.1) is 0 Å². The molecule has 4 nitrogen and oxygen atoms in total. The second kappa shape index (κ2) is 7.02. The molecule has 0 saturated carbocycles. The van der Waals surface area contributed by atoms with E-state index in [-0.39, 0.29) is 5.91 Å². The number of nitrogens with one attached hydrogen (secondary N) is 2. The summed E-state index contributed by atoms with van der Waals surface area (Å²) in [6, 6.07) is 5.63. The fraction of sp³-hybridized carbons (Fsp3) is 0.533. The van der Waals surface area contributed by atoms with Crippen LogP contribution in [0.3, 0.4) is 0 Å². The second-order valence-corrected chi connectivity index (χ2v) is 4.77. The first kappa shape index (κ1) is 13.7. The summed E-state index contributed by atoms with van der Waals surface area (Å²) in [5.74, 6) is 0.636. The van der Waals surface area contributed by atoms with E-state index < -0.39 is 0 Å². The third-order valence-corrected chi connectivity index (χ3v) is 3.24. The minimum absolute atomic E-state index is 0.0444. The minimum Gasteiger partial charge on any atom is -0.489 e. The van der Waals surface area contributed by atoms with Crippen LogP contribution >= 0.6 is 0 Å². The van der Waals surface area contributed by atoms with Gasteiger partial charge in [-0.3, -0.25) is 4.79 Å². The lowest BCUT2D eigenvalue weighted by molar-refractivity contribution is 0.0949. The van der Waals surface area contributed by atoms with Crippen LogP contribution in [0.25, 0.3) is 0 Å². The van der Waals surface area contributed by atoms with Gasteiger partial charge in [0, 0.05) is 13.1 Å². The highest BCUT2D eigenvalue weighted by Crippen LogP contribution is 2.30. The molecule has 1 aromatic rings. The molecule has 1 heterocycles. The molecule has 4 heteroatoms. The van der Waals surface area contributed by atoms with Crippen LogP contribution in [0.2, 0.25) is 0 Å². The highest BCUT2D eigenvalue weighted by Gasteiger charge is 2.18. The van der Waals surface area contributed by atoms with Gasteiger partial charge >= 0.3 is 0 Å². The van der Waals surface area contributed by atoms with Crippen molar-refractivity contribution in [1.29, 1.82) is 0 Å². The van der Waals surface area contributed by atoms with Crippen LogP contribution in [0.15, 0.2) is 18.2 Å². The third-order valence-electron chi connectivity index (χ3n) is 3.24. The molecule has 19 heavy (non-hydrogen) atoms. The van der Waals surface area contributed by atoms with E-state index in [1.165, 1.54) is 19.3 Å². The summed E-state index contributed by atoms with van der Waals surface area (Å²) in [7, 11) is 0. The van der Waals surface area contributed by atoms with Crippen molar-refractivity contribution in [2.75, 3.05) is 25.0 Å². The van der Waals surface area contributed by atoms with Gasteiger partial charge in [0.25, 0.3) is 5.91 Å². The van der Waals surface area contributed by atoms with Crippen LogP contribution in [-0.4, -0.2) is 25.6 Å². The van der Waals surface area contributed by atoms with E-state index in [2.05, 4.69) is 17.6 Å². The summed E-state index contributed by atoms with van der Waals surface area (Å²) in [6.45, 7) is 4.30. The van der Waals surface area contributed by atoms with E-state index in [1.54, 1.807) is 0 Å². The number of para-hydroxylation sites is 1. The van der Waals surface area contributed by atoms with Crippen LogP contribution in [0.5, 0.6) is 5.75 Å². The molecule has 1 aromatic carbocycles. The molecule has 2 N–H and O–H groups in total. The smallest absolute Gasteiger partial charge is 0.255 e. The number of amides is 1. The SMILES string of the molecule is CCCCCCNC(=O)c1cccc2c1OCCN2. The Kier molecular flexibility index (Phi) is 5.07. The Hall–Kier alpha value is -1.71. The van der Waals surface area contributed by atoms with Crippen molar-refractivity contribution in [3.8, 4) is 5.75 Å². The lowest BCUT2D eigenvalue weighted by Gasteiger charge is -2.21. The fourth-order valence-corrected chi connectivity index (χ4v) is 2.20. The maximum Gasteiger partial charge on any atom is 0.255 e. The number of ether oxygens (including phenoxy) is 1. The quantitative estimate of drug-likeness (QED) is 0.775. The predicted molar refractivity (Wildman–Crippen MR) is 76.9 cm³/mol. The number of hydrogen-bond acceptors (Lipinski definition) is 3. The lowest BCUT2D eigenvalue weighted by atomic mass is 10.1. The summed E-state index contributed by atoms with van der Waals surface area (Å²) in [5.41, 5.74) is 1.53. The van der Waals surface area contributed by atoms with Gasteiger partial charge in [-0.25, -0.2) is 0 Å². The highest BCUT2D eigenvalue weighted by molar-refractivity contribution is 5.98. The Morgan fingerprint density at radius 2 is 2.26 bits per heavy atom. The van der Waals surface area contributed by atoms with Crippen LogP contribution < -0.4 is 15.4 Å². The zero-order valence-corrected chi connectivity index (χ0v) is 11.5. The standard InChI is InChI=1S/C15H22N2O2/c1-2-3-4-5-9-17-15(18)12-7-6-8-13-14(12)19-11-10-16-13/h6-8,16H,2-5,9-11H2,1H3,(H,17,18). The summed E-state index contributed by atoms with van der Waals surface area (Å²) in [5, 5.41) is 6.20. The van der Waals surface area contributed by atoms with Crippen LogP contribution in [0, 0.1) is 0 Å². The Morgan fingerprint density at radius 3 is 3.11 bits per heavy atom. The average Bonchev–Trinajstić information content (AvgIpc) is 2.46. The molecule has 0 aliphatic carbocycles. The van der Waals surface area contributed by atoms with Crippen molar-refractivity contribution >= 4 is 11.6 Å². The van der Waals surface area contributed by atoms with Gasteiger partial charge in [0.05, 0.1) is 11.3 Å². The van der Waals surface area contributed by atoms with Crippen molar-refractivity contribution in [1.82, 2.24) is 5.32 Å². The topological polar surface area (TPSA) is 50.4 Å². The summed E-state index contributed by atoms with van der Waals surface area (Å²) in [4.78, 5) is 12.1. The first-order chi connectivity index (χ1) is 9.33. The Morgan fingerprint density at radius 1 is 1.37 bits per heavy atom.